The number of rotatable bonds is 7. The average molecular weight is 471 g/mol. The molecule has 2 aromatic heterocycles. The molecule has 6 nitrogen and oxygen atoms in total. The van der Waals surface area contributed by atoms with Crippen molar-refractivity contribution >= 4 is 28.8 Å². The first kappa shape index (κ1) is 23.1. The predicted molar refractivity (Wildman–Crippen MR) is 113 cm³/mol. The van der Waals surface area contributed by atoms with E-state index in [1.165, 1.54) is 12.4 Å². The molecule has 0 saturated heterocycles. The highest BCUT2D eigenvalue weighted by atomic mass is 35.5. The van der Waals surface area contributed by atoms with Gasteiger partial charge in [0.1, 0.15) is 23.4 Å². The van der Waals surface area contributed by atoms with Crippen LogP contribution in [-0.2, 0) is 24.0 Å². The van der Waals surface area contributed by atoms with Crippen LogP contribution in [0.3, 0.4) is 0 Å². The zero-order valence-electron chi connectivity index (χ0n) is 16.6. The van der Waals surface area contributed by atoms with Crippen molar-refractivity contribution in [1.82, 2.24) is 15.0 Å². The normalized spacial score (nSPS) is 12.5. The summed E-state index contributed by atoms with van der Waals surface area (Å²) < 4.78 is 57.1. The van der Waals surface area contributed by atoms with Crippen LogP contribution in [0, 0.1) is 6.92 Å². The largest absolute Gasteiger partial charge is 0.593 e. The molecule has 3 aromatic rings. The van der Waals surface area contributed by atoms with Crippen LogP contribution in [-0.4, -0.2) is 32.3 Å². The van der Waals surface area contributed by atoms with Crippen LogP contribution in [0.25, 0.3) is 0 Å². The molecule has 1 atom stereocenters. The van der Waals surface area contributed by atoms with Gasteiger partial charge in [-0.25, -0.2) is 15.0 Å². The Balaban J connectivity index is 1.64. The molecule has 0 saturated carbocycles. The quantitative estimate of drug-likeness (QED) is 0.453. The molecule has 11 heteroatoms. The summed E-state index contributed by atoms with van der Waals surface area (Å²) in [4.78, 5) is 11.8. The highest BCUT2D eigenvalue weighted by Gasteiger charge is 2.30. The Morgan fingerprint density at radius 1 is 1.10 bits per heavy atom. The maximum atomic E-state index is 12.6. The number of ether oxygens (including phenoxy) is 1. The van der Waals surface area contributed by atoms with Gasteiger partial charge in [-0.3, -0.25) is 0 Å². The summed E-state index contributed by atoms with van der Waals surface area (Å²) in [5, 5.41) is 0.352. The Hall–Kier alpha value is -2.56. The molecule has 0 fully saturated rings. The number of aromatic nitrogens is 3. The Morgan fingerprint density at radius 3 is 2.39 bits per heavy atom. The fraction of sp³-hybridized carbons (Fsp3) is 0.250. The molecular weight excluding hydrogens is 453 g/mol. The fourth-order valence-corrected chi connectivity index (χ4v) is 3.64. The van der Waals surface area contributed by atoms with Gasteiger partial charge >= 0.3 is 6.18 Å². The van der Waals surface area contributed by atoms with Gasteiger partial charge in [0.05, 0.1) is 29.2 Å². The van der Waals surface area contributed by atoms with Gasteiger partial charge in [0.15, 0.2) is 5.82 Å². The van der Waals surface area contributed by atoms with E-state index in [4.69, 9.17) is 16.3 Å². The number of halogens is 4. The zero-order chi connectivity index (χ0) is 22.6. The summed E-state index contributed by atoms with van der Waals surface area (Å²) in [6, 6.07) is 9.06. The highest BCUT2D eigenvalue weighted by molar-refractivity contribution is 7.92. The van der Waals surface area contributed by atoms with Crippen LogP contribution >= 0.6 is 11.6 Å². The van der Waals surface area contributed by atoms with Crippen LogP contribution < -0.4 is 9.04 Å². The van der Waals surface area contributed by atoms with Gasteiger partial charge in [-0.1, -0.05) is 23.7 Å². The molecule has 0 bridgehead atoms. The molecule has 0 radical (unpaired) electrons. The zero-order valence-corrected chi connectivity index (χ0v) is 18.1. The lowest BCUT2D eigenvalue weighted by molar-refractivity contribution is -0.137. The summed E-state index contributed by atoms with van der Waals surface area (Å²) in [6.07, 6.45) is -0.252. The van der Waals surface area contributed by atoms with E-state index in [1.807, 2.05) is 12.1 Å². The van der Waals surface area contributed by atoms with Gasteiger partial charge in [0, 0.05) is 12.3 Å². The van der Waals surface area contributed by atoms with Crippen molar-refractivity contribution in [2.45, 2.75) is 19.5 Å². The second kappa shape index (κ2) is 9.71. The summed E-state index contributed by atoms with van der Waals surface area (Å²) in [7, 11) is 0. The fourth-order valence-electron chi connectivity index (χ4n) is 2.66. The monoisotopic (exact) mass is 470 g/mol. The molecule has 1 unspecified atom stereocenters. The standard InChI is InChI=1S/C20H18ClF3N4O2S/c1-13-18(21)19(27-12-26-13)28(31(2)29)10-9-14-3-6-16(7-4-14)30-17-8-5-15(11-25-17)20(22,23)24/h3-8,11-12H,9-10H2,1-2H3. The number of alkyl halides is 3. The van der Waals surface area contributed by atoms with Crippen LogP contribution in [0.15, 0.2) is 48.9 Å². The SMILES string of the molecule is Cc1ncnc(N(CCc2ccc(Oc3ccc(C(F)(F)F)cn3)cc2)[S+](C)[O-])c1Cl. The summed E-state index contributed by atoms with van der Waals surface area (Å²) >= 11 is 4.92. The number of benzene rings is 1. The van der Waals surface area contributed by atoms with Gasteiger partial charge in [-0.05, 0) is 37.1 Å². The average Bonchev–Trinajstić information content (AvgIpc) is 2.72. The molecule has 0 amide bonds. The Kier molecular flexibility index (Phi) is 7.24. The Bertz CT molecular complexity index is 1020. The molecular formula is C20H18ClF3N4O2S. The van der Waals surface area contributed by atoms with E-state index >= 15 is 0 Å². The molecule has 0 aliphatic heterocycles. The van der Waals surface area contributed by atoms with E-state index in [1.54, 1.807) is 29.6 Å². The molecule has 31 heavy (non-hydrogen) atoms. The lowest BCUT2D eigenvalue weighted by Gasteiger charge is -2.23. The van der Waals surface area contributed by atoms with E-state index in [-0.39, 0.29) is 5.88 Å². The van der Waals surface area contributed by atoms with Gasteiger partial charge in [0.2, 0.25) is 5.88 Å². The number of pyridine rings is 1. The van der Waals surface area contributed by atoms with Crippen LogP contribution in [0.1, 0.15) is 16.8 Å². The topological polar surface area (TPSA) is 74.2 Å². The summed E-state index contributed by atoms with van der Waals surface area (Å²) in [5.74, 6) is 0.895. The van der Waals surface area contributed by atoms with Gasteiger partial charge < -0.3 is 9.29 Å². The van der Waals surface area contributed by atoms with Crippen molar-refractivity contribution in [3.8, 4) is 11.6 Å². The number of hydrogen-bond donors (Lipinski definition) is 0. The lowest BCUT2D eigenvalue weighted by Crippen LogP contribution is -2.33. The number of nitrogens with zero attached hydrogens (tertiary/aromatic N) is 4. The van der Waals surface area contributed by atoms with E-state index in [9.17, 15) is 17.7 Å². The first-order chi connectivity index (χ1) is 14.6. The van der Waals surface area contributed by atoms with Crippen LogP contribution in [0.2, 0.25) is 5.02 Å². The third-order valence-corrected chi connectivity index (χ3v) is 5.72. The van der Waals surface area contributed by atoms with E-state index < -0.39 is 23.1 Å². The third-order valence-electron chi connectivity index (χ3n) is 4.30. The van der Waals surface area contributed by atoms with Crippen molar-refractivity contribution in [3.05, 3.63) is 70.8 Å². The van der Waals surface area contributed by atoms with Gasteiger partial charge in [0.25, 0.3) is 0 Å². The lowest BCUT2D eigenvalue weighted by atomic mass is 10.1. The Morgan fingerprint density at radius 2 is 1.81 bits per heavy atom. The number of anilines is 1. The highest BCUT2D eigenvalue weighted by Crippen LogP contribution is 2.30. The van der Waals surface area contributed by atoms with Crippen molar-refractivity contribution in [1.29, 1.82) is 0 Å². The van der Waals surface area contributed by atoms with Crippen LogP contribution in [0.5, 0.6) is 11.6 Å². The van der Waals surface area contributed by atoms with Crippen LogP contribution in [0.4, 0.5) is 19.0 Å². The maximum absolute atomic E-state index is 12.6. The minimum absolute atomic E-state index is 0.0575. The molecule has 164 valence electrons. The van der Waals surface area contributed by atoms with Crippen molar-refractivity contribution < 1.29 is 22.5 Å². The smallest absolute Gasteiger partial charge is 0.417 e. The predicted octanol–water partition coefficient (Wildman–Crippen LogP) is 4.99. The second-order valence-corrected chi connectivity index (χ2v) is 8.17. The molecule has 0 N–H and O–H groups in total. The minimum Gasteiger partial charge on any atom is -0.593 e. The number of aryl methyl sites for hydroxylation is 1. The van der Waals surface area contributed by atoms with Crippen molar-refractivity contribution in [2.75, 3.05) is 17.1 Å². The first-order valence-corrected chi connectivity index (χ1v) is 10.9. The molecule has 0 aliphatic carbocycles. The van der Waals surface area contributed by atoms with Crippen molar-refractivity contribution in [3.63, 3.8) is 0 Å². The first-order valence-electron chi connectivity index (χ1n) is 9.03. The molecule has 0 aliphatic rings. The molecule has 3 rings (SSSR count). The molecule has 1 aromatic carbocycles. The third kappa shape index (κ3) is 5.99. The summed E-state index contributed by atoms with van der Waals surface area (Å²) in [5.41, 5.74) is 0.692. The minimum atomic E-state index is -4.45. The van der Waals surface area contributed by atoms with E-state index in [2.05, 4.69) is 15.0 Å². The van der Waals surface area contributed by atoms with Gasteiger partial charge in [-0.2, -0.15) is 17.5 Å². The van der Waals surface area contributed by atoms with Gasteiger partial charge in [-0.15, -0.1) is 0 Å². The number of hydrogen-bond acceptors (Lipinski definition) is 6. The van der Waals surface area contributed by atoms with E-state index in [0.717, 1.165) is 17.8 Å². The molecule has 0 spiro atoms. The van der Waals surface area contributed by atoms with E-state index in [0.29, 0.717) is 35.2 Å². The second-order valence-electron chi connectivity index (χ2n) is 6.50. The molecule has 2 heterocycles. The van der Waals surface area contributed by atoms with Crippen molar-refractivity contribution in [2.24, 2.45) is 0 Å². The Labute approximate surface area is 185 Å². The summed E-state index contributed by atoms with van der Waals surface area (Å²) in [6.45, 7) is 2.15. The maximum Gasteiger partial charge on any atom is 0.417 e.